The fraction of sp³-hybridized carbons (Fsp3) is 0.636. The Labute approximate surface area is 107 Å². The number of aromatic nitrogens is 2. The van der Waals surface area contributed by atoms with Crippen molar-refractivity contribution in [2.45, 2.75) is 20.3 Å². The van der Waals surface area contributed by atoms with Gasteiger partial charge in [-0.15, -0.1) is 0 Å². The van der Waals surface area contributed by atoms with E-state index < -0.39 is 0 Å². The van der Waals surface area contributed by atoms with Crippen LogP contribution in [0.4, 0.5) is 11.8 Å². The smallest absolute Gasteiger partial charge is 0.224 e. The first-order valence-electron chi connectivity index (χ1n) is 5.53. The molecule has 0 fully saturated rings. The second kappa shape index (κ2) is 6.02. The lowest BCUT2D eigenvalue weighted by Gasteiger charge is -2.24. The van der Waals surface area contributed by atoms with Crippen LogP contribution in [0.2, 0.25) is 5.02 Å². The molecule has 3 N–H and O–H groups in total. The maximum atomic E-state index is 8.95. The third-order valence-corrected chi connectivity index (χ3v) is 2.77. The normalized spacial score (nSPS) is 11.4. The van der Waals surface area contributed by atoms with Crippen LogP contribution < -0.4 is 10.6 Å². The molecular formula is C11H19ClN4O. The zero-order valence-corrected chi connectivity index (χ0v) is 11.2. The van der Waals surface area contributed by atoms with Crippen LogP contribution >= 0.6 is 11.6 Å². The minimum atomic E-state index is -0.0111. The van der Waals surface area contributed by atoms with Crippen molar-refractivity contribution in [3.05, 3.63) is 11.2 Å². The van der Waals surface area contributed by atoms with E-state index >= 15 is 0 Å². The number of nitrogens with one attached hydrogen (secondary N) is 2. The molecule has 17 heavy (non-hydrogen) atoms. The number of nitrogens with zero attached hydrogens (tertiary/aromatic N) is 2. The zero-order chi connectivity index (χ0) is 12.9. The van der Waals surface area contributed by atoms with Crippen molar-refractivity contribution in [3.8, 4) is 0 Å². The molecule has 0 spiro atoms. The average Bonchev–Trinajstić information content (AvgIpc) is 2.28. The van der Waals surface area contributed by atoms with Crippen LogP contribution in [0.3, 0.4) is 0 Å². The summed E-state index contributed by atoms with van der Waals surface area (Å²) >= 11 is 5.99. The summed E-state index contributed by atoms with van der Waals surface area (Å²) in [6, 6.07) is 0. The van der Waals surface area contributed by atoms with Crippen LogP contribution in [0.15, 0.2) is 6.20 Å². The molecule has 96 valence electrons. The fourth-order valence-corrected chi connectivity index (χ4v) is 1.48. The quantitative estimate of drug-likeness (QED) is 0.728. The van der Waals surface area contributed by atoms with E-state index in [2.05, 4.69) is 34.4 Å². The molecule has 0 saturated carbocycles. The van der Waals surface area contributed by atoms with Crippen molar-refractivity contribution in [3.63, 3.8) is 0 Å². The first kappa shape index (κ1) is 14.0. The molecule has 1 aromatic rings. The van der Waals surface area contributed by atoms with Gasteiger partial charge in [0.2, 0.25) is 5.95 Å². The van der Waals surface area contributed by atoms with Crippen molar-refractivity contribution >= 4 is 23.4 Å². The Kier molecular flexibility index (Phi) is 4.96. The number of aliphatic hydroxyl groups is 1. The van der Waals surface area contributed by atoms with Gasteiger partial charge in [0.05, 0.1) is 6.20 Å². The molecule has 6 heteroatoms. The van der Waals surface area contributed by atoms with Gasteiger partial charge in [-0.2, -0.15) is 4.98 Å². The maximum absolute atomic E-state index is 8.95. The van der Waals surface area contributed by atoms with Gasteiger partial charge in [-0.1, -0.05) is 25.4 Å². The highest BCUT2D eigenvalue weighted by atomic mass is 35.5. The minimum absolute atomic E-state index is 0.0111. The monoisotopic (exact) mass is 258 g/mol. The SMILES string of the molecule is CNc1ncc(Cl)c(NCC(C)(C)CCO)n1. The minimum Gasteiger partial charge on any atom is -0.396 e. The van der Waals surface area contributed by atoms with E-state index in [-0.39, 0.29) is 12.0 Å². The highest BCUT2D eigenvalue weighted by Gasteiger charge is 2.17. The van der Waals surface area contributed by atoms with Crippen LogP contribution in [-0.4, -0.2) is 35.3 Å². The first-order chi connectivity index (χ1) is 7.98. The Morgan fingerprint density at radius 2 is 2.18 bits per heavy atom. The molecule has 5 nitrogen and oxygen atoms in total. The van der Waals surface area contributed by atoms with E-state index in [1.807, 2.05) is 0 Å². The van der Waals surface area contributed by atoms with Crippen LogP contribution in [-0.2, 0) is 0 Å². The molecule has 0 aliphatic heterocycles. The highest BCUT2D eigenvalue weighted by Crippen LogP contribution is 2.24. The van der Waals surface area contributed by atoms with Crippen LogP contribution in [0, 0.1) is 5.41 Å². The largest absolute Gasteiger partial charge is 0.396 e. The second-order valence-electron chi connectivity index (χ2n) is 4.63. The van der Waals surface area contributed by atoms with E-state index in [1.165, 1.54) is 0 Å². The Morgan fingerprint density at radius 3 is 2.76 bits per heavy atom. The van der Waals surface area contributed by atoms with Gasteiger partial charge in [0.1, 0.15) is 5.02 Å². The summed E-state index contributed by atoms with van der Waals surface area (Å²) in [6.07, 6.45) is 2.28. The topological polar surface area (TPSA) is 70.1 Å². The molecule has 0 amide bonds. The van der Waals surface area contributed by atoms with E-state index in [0.29, 0.717) is 23.3 Å². The molecule has 1 rings (SSSR count). The predicted molar refractivity (Wildman–Crippen MR) is 70.6 cm³/mol. The van der Waals surface area contributed by atoms with Gasteiger partial charge in [0.25, 0.3) is 0 Å². The van der Waals surface area contributed by atoms with Crippen molar-refractivity contribution in [1.29, 1.82) is 0 Å². The molecule has 0 aliphatic rings. The van der Waals surface area contributed by atoms with Gasteiger partial charge in [0.15, 0.2) is 5.82 Å². The van der Waals surface area contributed by atoms with Crippen molar-refractivity contribution in [1.82, 2.24) is 9.97 Å². The van der Waals surface area contributed by atoms with E-state index in [1.54, 1.807) is 13.2 Å². The first-order valence-corrected chi connectivity index (χ1v) is 5.91. The summed E-state index contributed by atoms with van der Waals surface area (Å²) in [4.78, 5) is 8.23. The number of rotatable bonds is 6. The third-order valence-electron chi connectivity index (χ3n) is 2.49. The van der Waals surface area contributed by atoms with E-state index in [0.717, 1.165) is 6.42 Å². The summed E-state index contributed by atoms with van der Waals surface area (Å²) in [6.45, 7) is 5.01. The third kappa shape index (κ3) is 4.36. The second-order valence-corrected chi connectivity index (χ2v) is 5.04. The molecule has 0 aromatic carbocycles. The van der Waals surface area contributed by atoms with Gasteiger partial charge < -0.3 is 15.7 Å². The Morgan fingerprint density at radius 1 is 1.47 bits per heavy atom. The number of halogens is 1. The van der Waals surface area contributed by atoms with E-state index in [9.17, 15) is 0 Å². The lowest BCUT2D eigenvalue weighted by Crippen LogP contribution is -2.24. The Hall–Kier alpha value is -1.07. The molecule has 0 aliphatic carbocycles. The molecule has 0 radical (unpaired) electrons. The summed E-state index contributed by atoms with van der Waals surface area (Å²) in [5, 5.41) is 15.5. The lowest BCUT2D eigenvalue weighted by atomic mass is 9.90. The maximum Gasteiger partial charge on any atom is 0.224 e. The van der Waals surface area contributed by atoms with Crippen molar-refractivity contribution in [2.24, 2.45) is 5.41 Å². The zero-order valence-electron chi connectivity index (χ0n) is 10.4. The van der Waals surface area contributed by atoms with E-state index in [4.69, 9.17) is 16.7 Å². The van der Waals surface area contributed by atoms with Gasteiger partial charge in [-0.25, -0.2) is 4.98 Å². The molecule has 0 atom stereocenters. The molecule has 1 aromatic heterocycles. The fourth-order valence-electron chi connectivity index (χ4n) is 1.33. The van der Waals surface area contributed by atoms with Gasteiger partial charge >= 0.3 is 0 Å². The number of aliphatic hydroxyl groups excluding tert-OH is 1. The van der Waals surface area contributed by atoms with Gasteiger partial charge in [-0.3, -0.25) is 0 Å². The van der Waals surface area contributed by atoms with Crippen molar-refractivity contribution in [2.75, 3.05) is 30.8 Å². The lowest BCUT2D eigenvalue weighted by molar-refractivity contribution is 0.220. The van der Waals surface area contributed by atoms with Crippen molar-refractivity contribution < 1.29 is 5.11 Å². The van der Waals surface area contributed by atoms with Crippen LogP contribution in [0.1, 0.15) is 20.3 Å². The van der Waals surface area contributed by atoms with Gasteiger partial charge in [-0.05, 0) is 11.8 Å². The van der Waals surface area contributed by atoms with Crippen LogP contribution in [0.5, 0.6) is 0 Å². The molecule has 0 unspecified atom stereocenters. The average molecular weight is 259 g/mol. The van der Waals surface area contributed by atoms with Crippen LogP contribution in [0.25, 0.3) is 0 Å². The highest BCUT2D eigenvalue weighted by molar-refractivity contribution is 6.32. The number of hydrogen-bond donors (Lipinski definition) is 3. The molecule has 0 saturated heterocycles. The predicted octanol–water partition coefficient (Wildman–Crippen LogP) is 1.99. The molecule has 1 heterocycles. The summed E-state index contributed by atoms with van der Waals surface area (Å²) in [5.74, 6) is 1.13. The Balaban J connectivity index is 2.68. The number of hydrogen-bond acceptors (Lipinski definition) is 5. The molecular weight excluding hydrogens is 240 g/mol. The molecule has 0 bridgehead atoms. The summed E-state index contributed by atoms with van der Waals surface area (Å²) < 4.78 is 0. The number of anilines is 2. The Bertz CT molecular complexity index is 370. The summed E-state index contributed by atoms with van der Waals surface area (Å²) in [5.41, 5.74) is -0.0111. The standard InChI is InChI=1S/C11H19ClN4O/c1-11(2,4-5-17)7-15-9-8(12)6-14-10(13-3)16-9/h6,17H,4-5,7H2,1-3H3,(H2,13,14,15,16). The van der Waals surface area contributed by atoms with Gasteiger partial charge in [0, 0.05) is 20.2 Å². The summed E-state index contributed by atoms with van der Waals surface area (Å²) in [7, 11) is 1.75.